The maximum Gasteiger partial charge on any atom is -0.162 e. The molecule has 0 aromatic heterocycles. The van der Waals surface area contributed by atoms with Crippen LogP contribution in [0.3, 0.4) is 0 Å². The van der Waals surface area contributed by atoms with E-state index in [1.165, 1.54) is 5.57 Å². The summed E-state index contributed by atoms with van der Waals surface area (Å²) in [6.07, 6.45) is 4.17. The predicted molar refractivity (Wildman–Crippen MR) is 104 cm³/mol. The second-order valence-electron chi connectivity index (χ2n) is 4.27. The SMILES string of the molecule is C=C(C)C(=C)C.CC=C(C)C=[CH][Ti+3].C[N-]C.C[N-]C.C[N-]C. The van der Waals surface area contributed by atoms with Crippen molar-refractivity contribution in [3.63, 3.8) is 0 Å². The fraction of sp³-hybridized carbons (Fsp3) is 0.556. The van der Waals surface area contributed by atoms with Crippen LogP contribution in [0.2, 0.25) is 0 Å². The molecule has 0 rings (SSSR count). The van der Waals surface area contributed by atoms with Crippen molar-refractivity contribution >= 4 is 0 Å². The van der Waals surface area contributed by atoms with Gasteiger partial charge in [0.1, 0.15) is 0 Å². The van der Waals surface area contributed by atoms with Gasteiger partial charge in [0.25, 0.3) is 0 Å². The third-order valence-electron chi connectivity index (χ3n) is 1.53. The Balaban J connectivity index is -0.0000000583. The van der Waals surface area contributed by atoms with E-state index in [1.54, 1.807) is 42.3 Å². The second-order valence-corrected chi connectivity index (χ2v) is 4.79. The quantitative estimate of drug-likeness (QED) is 0.435. The summed E-state index contributed by atoms with van der Waals surface area (Å²) < 4.78 is 2.04. The molecule has 0 aliphatic rings. The van der Waals surface area contributed by atoms with Crippen LogP contribution in [0.4, 0.5) is 0 Å². The summed E-state index contributed by atoms with van der Waals surface area (Å²) in [5.41, 5.74) is 3.45. The van der Waals surface area contributed by atoms with Gasteiger partial charge < -0.3 is 16.0 Å². The van der Waals surface area contributed by atoms with Crippen molar-refractivity contribution in [1.29, 1.82) is 0 Å². The number of hydrogen-bond acceptors (Lipinski definition) is 0. The molecule has 0 aromatic rings. The predicted octanol–water partition coefficient (Wildman–Crippen LogP) is 6.01. The molecule has 0 fully saturated rings. The summed E-state index contributed by atoms with van der Waals surface area (Å²) in [7, 11) is 10.5. The summed E-state index contributed by atoms with van der Waals surface area (Å²) in [6, 6.07) is 0. The average Bonchev–Trinajstić information content (AvgIpc) is 2.42. The molecular weight excluding hydrogens is 306 g/mol. The number of nitrogens with zero attached hydrogens (tertiary/aromatic N) is 3. The molecule has 0 amide bonds. The Morgan fingerprint density at radius 2 is 1.00 bits per heavy atom. The molecule has 0 aliphatic heterocycles. The summed E-state index contributed by atoms with van der Waals surface area (Å²) >= 11 is 2.02. The first kappa shape index (κ1) is 33.2. The first-order valence-electron chi connectivity index (χ1n) is 6.92. The van der Waals surface area contributed by atoms with Crippen LogP contribution in [-0.2, 0) is 20.4 Å². The molecule has 0 unspecified atom stereocenters. The van der Waals surface area contributed by atoms with Crippen molar-refractivity contribution in [2.24, 2.45) is 0 Å². The minimum absolute atomic E-state index is 1.06. The smallest absolute Gasteiger partial charge is 0.162 e. The van der Waals surface area contributed by atoms with E-state index in [1.807, 2.05) is 45.6 Å². The molecule has 0 spiro atoms. The van der Waals surface area contributed by atoms with Crippen LogP contribution in [0, 0.1) is 0 Å². The molecule has 0 radical (unpaired) electrons. The molecule has 0 atom stereocenters. The third-order valence-corrected chi connectivity index (χ3v) is 1.79. The van der Waals surface area contributed by atoms with Gasteiger partial charge in [-0.1, -0.05) is 24.3 Å². The first-order valence-corrected chi connectivity index (χ1v) is 7.82. The largest absolute Gasteiger partial charge is 0.668 e. The summed E-state index contributed by atoms with van der Waals surface area (Å²) in [6.45, 7) is 15.3. The van der Waals surface area contributed by atoms with Gasteiger partial charge in [0.2, 0.25) is 0 Å². The number of rotatable bonds is 2. The van der Waals surface area contributed by atoms with Crippen molar-refractivity contribution in [2.75, 3.05) is 42.3 Å². The van der Waals surface area contributed by atoms with Crippen molar-refractivity contribution < 1.29 is 20.4 Å². The fourth-order valence-electron chi connectivity index (χ4n) is 0.228. The number of allylic oxidation sites excluding steroid dienone is 5. The minimum atomic E-state index is 1.06. The molecule has 0 bridgehead atoms. The Bertz CT molecular complexity index is 253. The standard InChI is InChI=1S/C6H10.C6H9.3C2H6N.Ti/c1-5(2)6(3)4;1-4-6(3)5-2;3*1-3-2;/h1,3H2,2,4H3;1,4-5H,2-3H3;3*1-2H3;/q;;3*-1;+3. The van der Waals surface area contributed by atoms with E-state index in [-0.39, 0.29) is 0 Å². The molecule has 3 nitrogen and oxygen atoms in total. The van der Waals surface area contributed by atoms with Crippen molar-refractivity contribution in [3.05, 3.63) is 62.4 Å². The normalized spacial score (nSPS) is 8.82. The Morgan fingerprint density at radius 3 is 1.05 bits per heavy atom. The Labute approximate surface area is 152 Å². The molecule has 0 saturated heterocycles. The van der Waals surface area contributed by atoms with E-state index in [0.29, 0.717) is 0 Å². The van der Waals surface area contributed by atoms with Crippen LogP contribution in [0.15, 0.2) is 46.4 Å². The van der Waals surface area contributed by atoms with E-state index in [9.17, 15) is 0 Å². The minimum Gasteiger partial charge on any atom is -0.668 e. The molecule has 4 heteroatoms. The zero-order valence-corrected chi connectivity index (χ0v) is 18.0. The van der Waals surface area contributed by atoms with Gasteiger partial charge in [0, 0.05) is 0 Å². The van der Waals surface area contributed by atoms with Crippen molar-refractivity contribution in [2.45, 2.75) is 27.7 Å². The average molecular weight is 343 g/mol. The third kappa shape index (κ3) is 92.0. The van der Waals surface area contributed by atoms with Gasteiger partial charge in [0.15, 0.2) is 0 Å². The second kappa shape index (κ2) is 37.1. The zero-order valence-electron chi connectivity index (χ0n) is 16.5. The molecule has 0 aliphatic carbocycles. The van der Waals surface area contributed by atoms with Gasteiger partial charge in [-0.3, -0.25) is 0 Å². The van der Waals surface area contributed by atoms with Gasteiger partial charge in [0.05, 0.1) is 0 Å². The van der Waals surface area contributed by atoms with Crippen molar-refractivity contribution in [1.82, 2.24) is 0 Å². The van der Waals surface area contributed by atoms with E-state index in [4.69, 9.17) is 0 Å². The van der Waals surface area contributed by atoms with E-state index in [2.05, 4.69) is 48.2 Å². The van der Waals surface area contributed by atoms with E-state index >= 15 is 0 Å². The molecule has 0 saturated carbocycles. The van der Waals surface area contributed by atoms with Crippen LogP contribution < -0.4 is 0 Å². The monoisotopic (exact) mass is 343 g/mol. The van der Waals surface area contributed by atoms with Gasteiger partial charge >= 0.3 is 56.4 Å². The maximum atomic E-state index is 3.66. The summed E-state index contributed by atoms with van der Waals surface area (Å²) in [5, 5.41) is 10.5. The fourth-order valence-corrected chi connectivity index (χ4v) is 0.638. The maximum absolute atomic E-state index is 3.66. The zero-order chi connectivity index (χ0) is 19.0. The van der Waals surface area contributed by atoms with Gasteiger partial charge in [-0.25, -0.2) is 0 Å². The van der Waals surface area contributed by atoms with Crippen LogP contribution >= 0.6 is 0 Å². The summed E-state index contributed by atoms with van der Waals surface area (Å²) in [4.78, 5) is 0. The van der Waals surface area contributed by atoms with E-state index < -0.39 is 0 Å². The first-order chi connectivity index (χ1) is 10.2. The van der Waals surface area contributed by atoms with Gasteiger partial charge in [-0.05, 0) is 13.8 Å². The molecular formula is C18H37N3Ti. The van der Waals surface area contributed by atoms with Crippen LogP contribution in [-0.4, -0.2) is 42.3 Å². The summed E-state index contributed by atoms with van der Waals surface area (Å²) in [5.74, 6) is 0. The van der Waals surface area contributed by atoms with Gasteiger partial charge in [-0.2, -0.15) is 42.3 Å². The molecule has 0 aromatic carbocycles. The molecule has 22 heavy (non-hydrogen) atoms. The van der Waals surface area contributed by atoms with Crippen LogP contribution in [0.25, 0.3) is 16.0 Å². The number of hydrogen-bond donors (Lipinski definition) is 0. The molecule has 0 N–H and O–H groups in total. The Hall–Kier alpha value is -0.446. The van der Waals surface area contributed by atoms with Gasteiger partial charge in [-0.15, -0.1) is 0 Å². The van der Waals surface area contributed by atoms with Crippen LogP contribution in [0.5, 0.6) is 0 Å². The topological polar surface area (TPSA) is 42.3 Å². The Kier molecular flexibility index (Phi) is 56.0. The van der Waals surface area contributed by atoms with E-state index in [0.717, 1.165) is 11.1 Å². The molecule has 128 valence electrons. The van der Waals surface area contributed by atoms with Crippen molar-refractivity contribution in [3.8, 4) is 0 Å². The molecule has 0 heterocycles. The Morgan fingerprint density at radius 1 is 0.773 bits per heavy atom. The van der Waals surface area contributed by atoms with Crippen LogP contribution in [0.1, 0.15) is 27.7 Å².